The molecule has 1 heterocycles. The molecule has 0 aromatic rings. The van der Waals surface area contributed by atoms with E-state index in [1.54, 1.807) is 20.6 Å². The van der Waals surface area contributed by atoms with Crippen molar-refractivity contribution in [2.24, 2.45) is 0 Å². The Morgan fingerprint density at radius 1 is 0.714 bits per heavy atom. The molecule has 0 N–H and O–H groups in total. The minimum absolute atomic E-state index is 1.07. The van der Waals surface area contributed by atoms with Crippen molar-refractivity contribution >= 4 is 70.7 Å². The molecule has 0 atom stereocenters. The van der Waals surface area contributed by atoms with Crippen LogP contribution in [0.15, 0.2) is 35.8 Å². The maximum absolute atomic E-state index is 2.17. The Bertz CT molecular complexity index is 188. The first-order valence-corrected chi connectivity index (χ1v) is 12.6. The maximum atomic E-state index is 2.17. The second-order valence-electron chi connectivity index (χ2n) is 1.86. The highest BCUT2D eigenvalue weighted by Crippen LogP contribution is 2.55. The lowest BCUT2D eigenvalue weighted by atomic mass is 10.4. The van der Waals surface area contributed by atoms with Gasteiger partial charge >= 0.3 is 0 Å². The smallest absolute Gasteiger partial charge is 0.0229 e. The number of hydrogen-bond donors (Lipinski definition) is 0. The van der Waals surface area contributed by atoms with E-state index in [4.69, 9.17) is 0 Å². The maximum Gasteiger partial charge on any atom is 0.0229 e. The van der Waals surface area contributed by atoms with Gasteiger partial charge in [0.15, 0.2) is 0 Å². The number of hydrogen-bond acceptors (Lipinski definition) is 7. The monoisotopic (exact) mass is 316 g/mol. The molecule has 0 saturated heterocycles. The summed E-state index contributed by atoms with van der Waals surface area (Å²) in [5.41, 5.74) is 0. The molecule has 0 unspecified atom stereocenters. The highest BCUT2D eigenvalue weighted by Gasteiger charge is 1.93. The fourth-order valence-electron chi connectivity index (χ4n) is 0.499. The third-order valence-electron chi connectivity index (χ3n) is 0.966. The van der Waals surface area contributed by atoms with Gasteiger partial charge in [0.2, 0.25) is 0 Å². The molecule has 1 aliphatic heterocycles. The highest BCUT2D eigenvalue weighted by molar-refractivity contribution is 9.46. The SMILES string of the molecule is C1=C/C=C/SSSSSSSCC=C1. The lowest BCUT2D eigenvalue weighted by Gasteiger charge is -1.95. The van der Waals surface area contributed by atoms with Crippen molar-refractivity contribution in [1.29, 1.82) is 0 Å². The van der Waals surface area contributed by atoms with E-state index in [0.29, 0.717) is 0 Å². The second kappa shape index (κ2) is 11.2. The summed E-state index contributed by atoms with van der Waals surface area (Å²) in [6, 6.07) is 0. The third-order valence-corrected chi connectivity index (χ3v) is 13.5. The zero-order valence-corrected chi connectivity index (χ0v) is 12.7. The van der Waals surface area contributed by atoms with Crippen LogP contribution in [0, 0.1) is 0 Å². The molecule has 0 aromatic heterocycles. The quantitative estimate of drug-likeness (QED) is 0.478. The predicted octanol–water partition coefficient (Wildman–Crippen LogP) is 6.25. The van der Waals surface area contributed by atoms with Crippen molar-refractivity contribution in [2.45, 2.75) is 0 Å². The van der Waals surface area contributed by atoms with Gasteiger partial charge in [-0.15, -0.1) is 0 Å². The highest BCUT2D eigenvalue weighted by atomic mass is 33.9. The van der Waals surface area contributed by atoms with Crippen LogP contribution < -0.4 is 0 Å². The molecule has 1 rings (SSSR count). The fraction of sp³-hybridized carbons (Fsp3) is 0.143. The van der Waals surface area contributed by atoms with E-state index < -0.39 is 0 Å². The van der Waals surface area contributed by atoms with Crippen LogP contribution in [-0.4, -0.2) is 5.75 Å². The van der Waals surface area contributed by atoms with E-state index in [2.05, 4.69) is 35.8 Å². The summed E-state index contributed by atoms with van der Waals surface area (Å²) in [5.74, 6) is 1.07. The minimum Gasteiger partial charge on any atom is -0.0775 e. The molecule has 7 heteroatoms. The summed E-state index contributed by atoms with van der Waals surface area (Å²) < 4.78 is 0. The van der Waals surface area contributed by atoms with Crippen molar-refractivity contribution in [1.82, 2.24) is 0 Å². The van der Waals surface area contributed by atoms with Crippen LogP contribution >= 0.6 is 70.7 Å². The summed E-state index contributed by atoms with van der Waals surface area (Å²) in [4.78, 5) is 0. The second-order valence-corrected chi connectivity index (χ2v) is 13.0. The van der Waals surface area contributed by atoms with Crippen LogP contribution in [0.5, 0.6) is 0 Å². The Morgan fingerprint density at radius 2 is 1.50 bits per heavy atom. The van der Waals surface area contributed by atoms with Gasteiger partial charge in [0, 0.05) is 5.75 Å². The van der Waals surface area contributed by atoms with Gasteiger partial charge in [0.1, 0.15) is 0 Å². The van der Waals surface area contributed by atoms with E-state index in [9.17, 15) is 0 Å². The molecule has 0 aliphatic carbocycles. The molecule has 0 amide bonds. The van der Waals surface area contributed by atoms with Gasteiger partial charge in [-0.2, -0.15) is 0 Å². The molecule has 0 aromatic carbocycles. The molecule has 0 fully saturated rings. The van der Waals surface area contributed by atoms with E-state index >= 15 is 0 Å². The van der Waals surface area contributed by atoms with Gasteiger partial charge in [0.05, 0.1) is 0 Å². The predicted molar refractivity (Wildman–Crippen MR) is 85.4 cm³/mol. The molecular weight excluding hydrogens is 309 g/mol. The molecule has 14 heavy (non-hydrogen) atoms. The Morgan fingerprint density at radius 3 is 2.50 bits per heavy atom. The molecule has 1 aliphatic rings. The molecule has 0 spiro atoms. The average Bonchev–Trinajstić information content (AvgIpc) is 2.22. The van der Waals surface area contributed by atoms with Crippen LogP contribution in [0.1, 0.15) is 0 Å². The van der Waals surface area contributed by atoms with E-state index in [1.807, 2.05) is 50.1 Å². The van der Waals surface area contributed by atoms with Crippen molar-refractivity contribution in [2.75, 3.05) is 5.75 Å². The van der Waals surface area contributed by atoms with Gasteiger partial charge in [-0.3, -0.25) is 0 Å². The summed E-state index contributed by atoms with van der Waals surface area (Å²) in [6.07, 6.45) is 10.4. The summed E-state index contributed by atoms with van der Waals surface area (Å²) in [7, 11) is 12.7. The van der Waals surface area contributed by atoms with Gasteiger partial charge in [-0.05, 0) is 54.5 Å². The van der Waals surface area contributed by atoms with Crippen molar-refractivity contribution in [3.63, 3.8) is 0 Å². The van der Waals surface area contributed by atoms with Gasteiger partial charge < -0.3 is 0 Å². The van der Waals surface area contributed by atoms with Crippen LogP contribution in [0.4, 0.5) is 0 Å². The largest absolute Gasteiger partial charge is 0.0775 e. The minimum atomic E-state index is 1.07. The van der Waals surface area contributed by atoms with Crippen molar-refractivity contribution in [3.8, 4) is 0 Å². The summed E-state index contributed by atoms with van der Waals surface area (Å²) in [6.45, 7) is 0. The first-order chi connectivity index (χ1) is 7.00. The molecule has 0 radical (unpaired) electrons. The average molecular weight is 317 g/mol. The van der Waals surface area contributed by atoms with E-state index in [0.717, 1.165) is 5.75 Å². The zero-order valence-electron chi connectivity index (χ0n) is 7.03. The molecule has 78 valence electrons. The third kappa shape index (κ3) is 8.94. The number of rotatable bonds is 0. The fourth-order valence-corrected chi connectivity index (χ4v) is 13.7. The summed E-state index contributed by atoms with van der Waals surface area (Å²) in [5, 5.41) is 2.10. The van der Waals surface area contributed by atoms with Gasteiger partial charge in [-0.1, -0.05) is 52.0 Å². The van der Waals surface area contributed by atoms with Crippen molar-refractivity contribution < 1.29 is 0 Å². The topological polar surface area (TPSA) is 0 Å². The molecule has 0 nitrogen and oxygen atoms in total. The number of allylic oxidation sites excluding steroid dienone is 4. The standard InChI is InChI=1S/C7H8S7/c1-2-4-6-8-10-12-14-13-11-9-7-5-3-1/h1-6H,7H2/b2-1?,5-3?,6-4+. The van der Waals surface area contributed by atoms with Crippen LogP contribution in [-0.2, 0) is 0 Å². The lowest BCUT2D eigenvalue weighted by Crippen LogP contribution is -1.61. The summed E-state index contributed by atoms with van der Waals surface area (Å²) >= 11 is 0. The van der Waals surface area contributed by atoms with Gasteiger partial charge in [0.25, 0.3) is 0 Å². The van der Waals surface area contributed by atoms with Crippen molar-refractivity contribution in [3.05, 3.63) is 35.8 Å². The van der Waals surface area contributed by atoms with E-state index in [-0.39, 0.29) is 0 Å². The molecule has 0 bridgehead atoms. The molecule has 0 saturated carbocycles. The normalized spacial score (nSPS) is 22.9. The Labute approximate surface area is 111 Å². The van der Waals surface area contributed by atoms with E-state index in [1.165, 1.54) is 0 Å². The first-order valence-electron chi connectivity index (χ1n) is 3.60. The zero-order chi connectivity index (χ0) is 9.90. The lowest BCUT2D eigenvalue weighted by molar-refractivity contribution is 1.76. The first kappa shape index (κ1) is 13.7. The van der Waals surface area contributed by atoms with Crippen LogP contribution in [0.25, 0.3) is 0 Å². The van der Waals surface area contributed by atoms with Gasteiger partial charge in [-0.25, -0.2) is 0 Å². The molecular formula is C7H8S7. The van der Waals surface area contributed by atoms with Crippen LogP contribution in [0.2, 0.25) is 0 Å². The Balaban J connectivity index is 2.27. The Hall–Kier alpha value is 1.67. The Kier molecular flexibility index (Phi) is 11.0. The van der Waals surface area contributed by atoms with Crippen LogP contribution in [0.3, 0.4) is 0 Å².